The molecule has 1 heterocycles. The lowest BCUT2D eigenvalue weighted by molar-refractivity contribution is -0.146. The topological polar surface area (TPSA) is 27.1 Å². The Morgan fingerprint density at radius 2 is 1.87 bits per heavy atom. The smallest absolute Gasteiger partial charge is 0.449 e. The lowest BCUT2D eigenvalue weighted by Gasteiger charge is -2.12. The maximum atomic E-state index is 13.8. The molecule has 0 aliphatic carbocycles. The van der Waals surface area contributed by atoms with Crippen LogP contribution in [0.5, 0.6) is 5.75 Å². The minimum atomic E-state index is -4.59. The summed E-state index contributed by atoms with van der Waals surface area (Å²) in [6.07, 6.45) is -4.59. The van der Waals surface area contributed by atoms with Gasteiger partial charge >= 0.3 is 6.18 Å². The number of imidazole rings is 1. The van der Waals surface area contributed by atoms with Crippen LogP contribution in [-0.4, -0.2) is 16.7 Å². The van der Waals surface area contributed by atoms with E-state index in [2.05, 4.69) is 4.98 Å². The Bertz CT molecular complexity index is 855. The monoisotopic (exact) mass is 324 g/mol. The number of hydrogen-bond acceptors (Lipinski definition) is 2. The number of rotatable bonds is 3. The number of fused-ring (bicyclic) bond motifs is 1. The number of methoxy groups -OCH3 is 1. The van der Waals surface area contributed by atoms with Gasteiger partial charge in [-0.25, -0.2) is 9.37 Å². The highest BCUT2D eigenvalue weighted by Gasteiger charge is 2.37. The van der Waals surface area contributed by atoms with Gasteiger partial charge in [0.15, 0.2) is 11.6 Å². The van der Waals surface area contributed by atoms with Gasteiger partial charge in [0.05, 0.1) is 18.1 Å². The summed E-state index contributed by atoms with van der Waals surface area (Å²) in [5.41, 5.74) is 0.974. The number of hydrogen-bond donors (Lipinski definition) is 0. The van der Waals surface area contributed by atoms with Gasteiger partial charge in [-0.15, -0.1) is 0 Å². The number of ether oxygens (including phenoxy) is 1. The van der Waals surface area contributed by atoms with Crippen LogP contribution in [0.3, 0.4) is 0 Å². The van der Waals surface area contributed by atoms with Crippen molar-refractivity contribution in [3.63, 3.8) is 0 Å². The highest BCUT2D eigenvalue weighted by atomic mass is 19.4. The Labute approximate surface area is 129 Å². The third-order valence-electron chi connectivity index (χ3n) is 3.46. The Morgan fingerprint density at radius 1 is 1.13 bits per heavy atom. The maximum absolute atomic E-state index is 13.8. The molecule has 3 aromatic rings. The second-order valence-electron chi connectivity index (χ2n) is 4.98. The summed E-state index contributed by atoms with van der Waals surface area (Å²) in [5, 5.41) is 0. The molecule has 0 radical (unpaired) electrons. The van der Waals surface area contributed by atoms with Crippen LogP contribution >= 0.6 is 0 Å². The number of benzene rings is 2. The van der Waals surface area contributed by atoms with Crippen molar-refractivity contribution in [2.75, 3.05) is 7.11 Å². The molecule has 23 heavy (non-hydrogen) atoms. The van der Waals surface area contributed by atoms with Gasteiger partial charge in [-0.2, -0.15) is 13.2 Å². The summed E-state index contributed by atoms with van der Waals surface area (Å²) in [4.78, 5) is 3.66. The summed E-state index contributed by atoms with van der Waals surface area (Å²) in [5.74, 6) is -1.59. The number of aromatic nitrogens is 2. The Morgan fingerprint density at radius 3 is 2.52 bits per heavy atom. The molecule has 0 aliphatic rings. The van der Waals surface area contributed by atoms with E-state index in [1.807, 2.05) is 0 Å². The first-order chi connectivity index (χ1) is 10.9. The molecule has 3 rings (SSSR count). The van der Waals surface area contributed by atoms with E-state index in [1.54, 1.807) is 18.2 Å². The lowest BCUT2D eigenvalue weighted by atomic mass is 10.2. The molecule has 0 saturated heterocycles. The molecule has 0 spiro atoms. The third-order valence-corrected chi connectivity index (χ3v) is 3.46. The molecule has 0 amide bonds. The highest BCUT2D eigenvalue weighted by molar-refractivity contribution is 5.76. The molecule has 0 aliphatic heterocycles. The minimum absolute atomic E-state index is 0.0419. The van der Waals surface area contributed by atoms with E-state index < -0.39 is 17.8 Å². The van der Waals surface area contributed by atoms with Crippen molar-refractivity contribution < 1.29 is 22.3 Å². The van der Waals surface area contributed by atoms with E-state index >= 15 is 0 Å². The Hall–Kier alpha value is -2.57. The van der Waals surface area contributed by atoms with Crippen molar-refractivity contribution in [1.82, 2.24) is 9.55 Å². The summed E-state index contributed by atoms with van der Waals surface area (Å²) < 4.78 is 59.2. The predicted molar refractivity (Wildman–Crippen MR) is 76.8 cm³/mol. The molecule has 0 N–H and O–H groups in total. The number of alkyl halides is 3. The van der Waals surface area contributed by atoms with Crippen LogP contribution < -0.4 is 4.74 Å². The first-order valence-corrected chi connectivity index (χ1v) is 6.75. The second kappa shape index (κ2) is 5.57. The van der Waals surface area contributed by atoms with Crippen LogP contribution in [0.4, 0.5) is 17.6 Å². The fraction of sp³-hybridized carbons (Fsp3) is 0.188. The molecule has 2 aromatic carbocycles. The van der Waals surface area contributed by atoms with Crippen LogP contribution in [0.25, 0.3) is 11.0 Å². The van der Waals surface area contributed by atoms with Crippen molar-refractivity contribution in [2.45, 2.75) is 12.7 Å². The van der Waals surface area contributed by atoms with Crippen LogP contribution in [0.1, 0.15) is 11.4 Å². The van der Waals surface area contributed by atoms with Gasteiger partial charge in [-0.1, -0.05) is 18.2 Å². The van der Waals surface area contributed by atoms with Gasteiger partial charge in [-0.3, -0.25) is 0 Å². The van der Waals surface area contributed by atoms with Crippen LogP contribution in [0, 0.1) is 5.82 Å². The van der Waals surface area contributed by atoms with Crippen molar-refractivity contribution in [2.24, 2.45) is 0 Å². The zero-order chi connectivity index (χ0) is 16.6. The molecular formula is C16H12F4N2O. The fourth-order valence-electron chi connectivity index (χ4n) is 2.44. The standard InChI is InChI=1S/C16H12F4N2O/c1-23-14-7-6-10(8-11(14)17)9-22-13-5-3-2-4-12(13)21-15(22)16(18,19)20/h2-8H,9H2,1H3. The number of para-hydroxylation sites is 2. The zero-order valence-electron chi connectivity index (χ0n) is 12.1. The quantitative estimate of drug-likeness (QED) is 0.674. The Kier molecular flexibility index (Phi) is 3.71. The van der Waals surface area contributed by atoms with E-state index in [0.717, 1.165) is 10.6 Å². The van der Waals surface area contributed by atoms with E-state index in [-0.39, 0.29) is 17.8 Å². The normalized spacial score (nSPS) is 11.9. The second-order valence-corrected chi connectivity index (χ2v) is 4.98. The van der Waals surface area contributed by atoms with E-state index in [1.165, 1.54) is 25.3 Å². The lowest BCUT2D eigenvalue weighted by Crippen LogP contribution is -2.15. The van der Waals surface area contributed by atoms with Crippen molar-refractivity contribution in [3.8, 4) is 5.75 Å². The Balaban J connectivity index is 2.10. The molecule has 0 fully saturated rings. The van der Waals surface area contributed by atoms with Gasteiger partial charge < -0.3 is 9.30 Å². The largest absolute Gasteiger partial charge is 0.494 e. The average molecular weight is 324 g/mol. The molecule has 1 aromatic heterocycles. The number of halogens is 4. The predicted octanol–water partition coefficient (Wildman–Crippen LogP) is 4.25. The summed E-state index contributed by atoms with van der Waals surface area (Å²) >= 11 is 0. The molecule has 7 heteroatoms. The highest BCUT2D eigenvalue weighted by Crippen LogP contribution is 2.32. The van der Waals surface area contributed by atoms with Crippen LogP contribution in [-0.2, 0) is 12.7 Å². The summed E-state index contributed by atoms with van der Waals surface area (Å²) in [6, 6.07) is 10.4. The van der Waals surface area contributed by atoms with Gasteiger partial charge in [0, 0.05) is 6.54 Å². The minimum Gasteiger partial charge on any atom is -0.494 e. The average Bonchev–Trinajstić information content (AvgIpc) is 2.87. The van der Waals surface area contributed by atoms with E-state index in [0.29, 0.717) is 11.1 Å². The molecular weight excluding hydrogens is 312 g/mol. The van der Waals surface area contributed by atoms with Crippen molar-refractivity contribution >= 4 is 11.0 Å². The maximum Gasteiger partial charge on any atom is 0.449 e. The van der Waals surface area contributed by atoms with Crippen molar-refractivity contribution in [1.29, 1.82) is 0 Å². The first-order valence-electron chi connectivity index (χ1n) is 6.75. The zero-order valence-corrected chi connectivity index (χ0v) is 12.1. The van der Waals surface area contributed by atoms with Gasteiger partial charge in [-0.05, 0) is 29.8 Å². The van der Waals surface area contributed by atoms with Gasteiger partial charge in [0.25, 0.3) is 0 Å². The first kappa shape index (κ1) is 15.3. The molecule has 0 saturated carbocycles. The summed E-state index contributed by atoms with van der Waals surface area (Å²) in [6.45, 7) is -0.143. The molecule has 0 unspecified atom stereocenters. The van der Waals surface area contributed by atoms with Crippen molar-refractivity contribution in [3.05, 3.63) is 59.7 Å². The van der Waals surface area contributed by atoms with E-state index in [4.69, 9.17) is 4.74 Å². The van der Waals surface area contributed by atoms with Crippen LogP contribution in [0.15, 0.2) is 42.5 Å². The molecule has 3 nitrogen and oxygen atoms in total. The third kappa shape index (κ3) is 2.86. The summed E-state index contributed by atoms with van der Waals surface area (Å²) in [7, 11) is 1.32. The number of nitrogens with zero attached hydrogens (tertiary/aromatic N) is 2. The van der Waals surface area contributed by atoms with Gasteiger partial charge in [0.1, 0.15) is 0 Å². The van der Waals surface area contributed by atoms with E-state index in [9.17, 15) is 17.6 Å². The molecule has 120 valence electrons. The van der Waals surface area contributed by atoms with Crippen LogP contribution in [0.2, 0.25) is 0 Å². The van der Waals surface area contributed by atoms with Gasteiger partial charge in [0.2, 0.25) is 5.82 Å². The molecule has 0 atom stereocenters. The fourth-order valence-corrected chi connectivity index (χ4v) is 2.44. The SMILES string of the molecule is COc1ccc(Cn2c(C(F)(F)F)nc3ccccc32)cc1F. The molecule has 0 bridgehead atoms.